The van der Waals surface area contributed by atoms with Crippen LogP contribution < -0.4 is 4.72 Å². The molecule has 0 aromatic heterocycles. The Morgan fingerprint density at radius 2 is 2.18 bits per heavy atom. The standard InChI is InChI=1S/C8H17NOS/c1-4-5-11-9-8(10)6-7(2)3/h7H,4-6H2,1-3H3,(H,9,10). The first-order valence-electron chi connectivity index (χ1n) is 4.07. The van der Waals surface area contributed by atoms with Crippen LogP contribution in [-0.2, 0) is 4.79 Å². The van der Waals surface area contributed by atoms with Crippen molar-refractivity contribution < 1.29 is 4.79 Å². The van der Waals surface area contributed by atoms with E-state index in [1.54, 1.807) is 0 Å². The van der Waals surface area contributed by atoms with Crippen LogP contribution in [0.2, 0.25) is 0 Å². The largest absolute Gasteiger partial charge is 0.300 e. The lowest BCUT2D eigenvalue weighted by molar-refractivity contribution is -0.119. The first kappa shape index (κ1) is 10.8. The number of hydrogen-bond acceptors (Lipinski definition) is 2. The molecular formula is C8H17NOS. The molecule has 0 atom stereocenters. The van der Waals surface area contributed by atoms with Crippen molar-refractivity contribution in [3.63, 3.8) is 0 Å². The summed E-state index contributed by atoms with van der Waals surface area (Å²) in [7, 11) is 0. The van der Waals surface area contributed by atoms with Gasteiger partial charge >= 0.3 is 0 Å². The third-order valence-corrected chi connectivity index (χ3v) is 2.07. The fraction of sp³-hybridized carbons (Fsp3) is 0.875. The highest BCUT2D eigenvalue weighted by molar-refractivity contribution is 7.97. The molecule has 0 radical (unpaired) electrons. The van der Waals surface area contributed by atoms with Gasteiger partial charge in [-0.15, -0.1) is 0 Å². The van der Waals surface area contributed by atoms with Crippen LogP contribution >= 0.6 is 11.9 Å². The SMILES string of the molecule is CCCSNC(=O)CC(C)C. The van der Waals surface area contributed by atoms with Gasteiger partial charge in [0.1, 0.15) is 0 Å². The molecule has 0 unspecified atom stereocenters. The van der Waals surface area contributed by atoms with E-state index in [1.807, 2.05) is 13.8 Å². The minimum Gasteiger partial charge on any atom is -0.300 e. The molecule has 0 aromatic rings. The molecular weight excluding hydrogens is 158 g/mol. The summed E-state index contributed by atoms with van der Waals surface area (Å²) < 4.78 is 2.79. The Kier molecular flexibility index (Phi) is 6.42. The van der Waals surface area contributed by atoms with Crippen molar-refractivity contribution in [1.29, 1.82) is 0 Å². The van der Waals surface area contributed by atoms with E-state index >= 15 is 0 Å². The van der Waals surface area contributed by atoms with Crippen LogP contribution in [0.25, 0.3) is 0 Å². The predicted octanol–water partition coefficient (Wildman–Crippen LogP) is 2.21. The van der Waals surface area contributed by atoms with Crippen LogP contribution in [0.4, 0.5) is 0 Å². The molecule has 0 aliphatic carbocycles. The van der Waals surface area contributed by atoms with Gasteiger partial charge in [0.25, 0.3) is 0 Å². The number of amides is 1. The molecule has 0 bridgehead atoms. The molecule has 0 aliphatic heterocycles. The first-order valence-corrected chi connectivity index (χ1v) is 5.06. The second-order valence-electron chi connectivity index (χ2n) is 2.97. The molecule has 0 aliphatic rings. The van der Waals surface area contributed by atoms with Gasteiger partial charge in [-0.05, 0) is 12.3 Å². The van der Waals surface area contributed by atoms with Crippen LogP contribution in [0.5, 0.6) is 0 Å². The van der Waals surface area contributed by atoms with Gasteiger partial charge in [-0.1, -0.05) is 32.7 Å². The highest BCUT2D eigenvalue weighted by atomic mass is 32.2. The molecule has 0 aromatic carbocycles. The van der Waals surface area contributed by atoms with E-state index in [4.69, 9.17) is 0 Å². The maximum Gasteiger partial charge on any atom is 0.230 e. The summed E-state index contributed by atoms with van der Waals surface area (Å²) in [5, 5.41) is 0. The van der Waals surface area contributed by atoms with Crippen molar-refractivity contribution in [2.24, 2.45) is 5.92 Å². The highest BCUT2D eigenvalue weighted by Crippen LogP contribution is 2.02. The van der Waals surface area contributed by atoms with E-state index in [0.29, 0.717) is 12.3 Å². The van der Waals surface area contributed by atoms with Crippen molar-refractivity contribution in [2.75, 3.05) is 5.75 Å². The average molecular weight is 175 g/mol. The van der Waals surface area contributed by atoms with E-state index in [1.165, 1.54) is 11.9 Å². The molecule has 0 spiro atoms. The summed E-state index contributed by atoms with van der Waals surface area (Å²) in [6.07, 6.45) is 1.74. The van der Waals surface area contributed by atoms with E-state index in [0.717, 1.165) is 12.2 Å². The Balaban J connectivity index is 3.23. The molecule has 0 fully saturated rings. The second-order valence-corrected chi connectivity index (χ2v) is 3.87. The summed E-state index contributed by atoms with van der Waals surface area (Å²) in [4.78, 5) is 11.0. The molecule has 2 nitrogen and oxygen atoms in total. The van der Waals surface area contributed by atoms with Gasteiger partial charge < -0.3 is 4.72 Å². The van der Waals surface area contributed by atoms with E-state index in [9.17, 15) is 4.79 Å². The van der Waals surface area contributed by atoms with E-state index in [-0.39, 0.29) is 5.91 Å². The minimum absolute atomic E-state index is 0.151. The summed E-state index contributed by atoms with van der Waals surface area (Å²) in [6.45, 7) is 6.19. The van der Waals surface area contributed by atoms with Gasteiger partial charge in [-0.3, -0.25) is 4.79 Å². The Morgan fingerprint density at radius 1 is 1.55 bits per heavy atom. The van der Waals surface area contributed by atoms with Crippen molar-refractivity contribution in [1.82, 2.24) is 4.72 Å². The summed E-state index contributed by atoms with van der Waals surface area (Å²) in [6, 6.07) is 0. The van der Waals surface area contributed by atoms with Crippen molar-refractivity contribution >= 4 is 17.9 Å². The lowest BCUT2D eigenvalue weighted by Crippen LogP contribution is -2.17. The Hall–Kier alpha value is -0.180. The van der Waals surface area contributed by atoms with Crippen LogP contribution in [0.1, 0.15) is 33.6 Å². The lowest BCUT2D eigenvalue weighted by atomic mass is 10.1. The zero-order valence-electron chi connectivity index (χ0n) is 7.52. The van der Waals surface area contributed by atoms with Gasteiger partial charge in [-0.25, -0.2) is 0 Å². The normalized spacial score (nSPS) is 10.2. The number of rotatable bonds is 5. The Bertz CT molecular complexity index is 115. The molecule has 0 saturated carbocycles. The highest BCUT2D eigenvalue weighted by Gasteiger charge is 2.02. The fourth-order valence-corrected chi connectivity index (χ4v) is 1.20. The molecule has 1 N–H and O–H groups in total. The van der Waals surface area contributed by atoms with Gasteiger partial charge in [0.15, 0.2) is 0 Å². The van der Waals surface area contributed by atoms with Crippen LogP contribution in [-0.4, -0.2) is 11.7 Å². The molecule has 0 saturated heterocycles. The molecule has 3 heteroatoms. The van der Waals surface area contributed by atoms with E-state index < -0.39 is 0 Å². The van der Waals surface area contributed by atoms with Gasteiger partial charge in [0.2, 0.25) is 5.91 Å². The topological polar surface area (TPSA) is 29.1 Å². The maximum absolute atomic E-state index is 11.0. The Morgan fingerprint density at radius 3 is 2.64 bits per heavy atom. The van der Waals surface area contributed by atoms with E-state index in [2.05, 4.69) is 11.6 Å². The number of hydrogen-bond donors (Lipinski definition) is 1. The fourth-order valence-electron chi connectivity index (χ4n) is 0.646. The summed E-state index contributed by atoms with van der Waals surface area (Å²) in [5.41, 5.74) is 0. The summed E-state index contributed by atoms with van der Waals surface area (Å²) in [5.74, 6) is 1.61. The number of nitrogens with one attached hydrogen (secondary N) is 1. The van der Waals surface area contributed by atoms with Gasteiger partial charge in [-0.2, -0.15) is 0 Å². The molecule has 0 rings (SSSR count). The van der Waals surface area contributed by atoms with Crippen LogP contribution in [0, 0.1) is 5.92 Å². The number of carbonyl (C=O) groups is 1. The first-order chi connectivity index (χ1) is 5.16. The van der Waals surface area contributed by atoms with Crippen molar-refractivity contribution in [3.8, 4) is 0 Å². The monoisotopic (exact) mass is 175 g/mol. The molecule has 0 heterocycles. The number of carbonyl (C=O) groups excluding carboxylic acids is 1. The average Bonchev–Trinajstić information content (AvgIpc) is 1.86. The third kappa shape index (κ3) is 7.72. The lowest BCUT2D eigenvalue weighted by Gasteiger charge is -2.04. The quantitative estimate of drug-likeness (QED) is 0.512. The maximum atomic E-state index is 11.0. The Labute approximate surface area is 73.3 Å². The van der Waals surface area contributed by atoms with Crippen LogP contribution in [0.15, 0.2) is 0 Å². The van der Waals surface area contributed by atoms with Crippen LogP contribution in [0.3, 0.4) is 0 Å². The van der Waals surface area contributed by atoms with Crippen molar-refractivity contribution in [2.45, 2.75) is 33.6 Å². The zero-order valence-corrected chi connectivity index (χ0v) is 8.33. The second kappa shape index (κ2) is 6.53. The minimum atomic E-state index is 0.151. The smallest absolute Gasteiger partial charge is 0.230 e. The van der Waals surface area contributed by atoms with Gasteiger partial charge in [0, 0.05) is 12.2 Å². The van der Waals surface area contributed by atoms with Gasteiger partial charge in [0.05, 0.1) is 0 Å². The molecule has 66 valence electrons. The molecule has 1 amide bonds. The third-order valence-electron chi connectivity index (χ3n) is 1.09. The summed E-state index contributed by atoms with van der Waals surface area (Å²) >= 11 is 1.50. The molecule has 11 heavy (non-hydrogen) atoms. The zero-order chi connectivity index (χ0) is 8.69. The van der Waals surface area contributed by atoms with Crippen molar-refractivity contribution in [3.05, 3.63) is 0 Å². The predicted molar refractivity (Wildman–Crippen MR) is 50.3 cm³/mol.